The summed E-state index contributed by atoms with van der Waals surface area (Å²) in [4.78, 5) is 20.5. The average molecular weight is 322 g/mol. The lowest BCUT2D eigenvalue weighted by molar-refractivity contribution is 0.0951. The first-order valence-electron chi connectivity index (χ1n) is 7.38. The number of nitrogens with zero attached hydrogens (tertiary/aromatic N) is 2. The number of pyridine rings is 2. The van der Waals surface area contributed by atoms with Crippen molar-refractivity contribution in [2.75, 3.05) is 5.32 Å². The molecule has 6 heteroatoms. The van der Waals surface area contributed by atoms with Crippen LogP contribution in [0.2, 0.25) is 0 Å². The van der Waals surface area contributed by atoms with Crippen LogP contribution in [0.4, 0.5) is 15.9 Å². The maximum absolute atomic E-state index is 13.8. The fraction of sp³-hybridized carbons (Fsp3) is 0.0556. The molecule has 2 N–H and O–H groups in total. The average Bonchev–Trinajstić information content (AvgIpc) is 2.63. The summed E-state index contributed by atoms with van der Waals surface area (Å²) in [5.74, 6) is -0.415. The zero-order chi connectivity index (χ0) is 16.8. The van der Waals surface area contributed by atoms with E-state index in [1.165, 1.54) is 6.07 Å². The van der Waals surface area contributed by atoms with Crippen LogP contribution < -0.4 is 10.6 Å². The Morgan fingerprint density at radius 2 is 1.88 bits per heavy atom. The highest BCUT2D eigenvalue weighted by Gasteiger charge is 2.13. The molecule has 24 heavy (non-hydrogen) atoms. The van der Waals surface area contributed by atoms with E-state index in [9.17, 15) is 9.18 Å². The molecule has 2 aromatic heterocycles. The second-order valence-corrected chi connectivity index (χ2v) is 5.05. The van der Waals surface area contributed by atoms with Crippen molar-refractivity contribution in [3.8, 4) is 0 Å². The van der Waals surface area contributed by atoms with Crippen molar-refractivity contribution in [2.45, 2.75) is 6.54 Å². The minimum Gasteiger partial charge on any atom is -0.348 e. The highest BCUT2D eigenvalue weighted by atomic mass is 19.1. The Balaban J connectivity index is 1.76. The highest BCUT2D eigenvalue weighted by molar-refractivity contribution is 5.99. The first-order chi connectivity index (χ1) is 11.7. The molecule has 0 spiro atoms. The van der Waals surface area contributed by atoms with Gasteiger partial charge in [-0.15, -0.1) is 0 Å². The second-order valence-electron chi connectivity index (χ2n) is 5.05. The van der Waals surface area contributed by atoms with Gasteiger partial charge in [0.1, 0.15) is 11.6 Å². The maximum Gasteiger partial charge on any atom is 0.255 e. The van der Waals surface area contributed by atoms with Crippen LogP contribution in [0.1, 0.15) is 15.9 Å². The van der Waals surface area contributed by atoms with E-state index in [-0.39, 0.29) is 11.6 Å². The first-order valence-corrected chi connectivity index (χ1v) is 7.38. The van der Waals surface area contributed by atoms with Crippen molar-refractivity contribution in [3.63, 3.8) is 0 Å². The molecule has 5 nitrogen and oxygen atoms in total. The van der Waals surface area contributed by atoms with E-state index >= 15 is 0 Å². The Kier molecular flexibility index (Phi) is 4.76. The summed E-state index contributed by atoms with van der Waals surface area (Å²) in [6.07, 6.45) is 4.89. The number of carbonyl (C=O) groups is 1. The van der Waals surface area contributed by atoms with Crippen molar-refractivity contribution < 1.29 is 9.18 Å². The standard InChI is InChI=1S/C18H15FN4O/c19-15-7-1-2-8-16(15)23-17-14(6-4-10-21-17)18(24)22-12-13-5-3-9-20-11-13/h1-11H,12H2,(H,21,23)(H,22,24). The van der Waals surface area contributed by atoms with E-state index in [0.717, 1.165) is 5.56 Å². The quantitative estimate of drug-likeness (QED) is 0.756. The third kappa shape index (κ3) is 3.73. The van der Waals surface area contributed by atoms with Gasteiger partial charge in [-0.3, -0.25) is 9.78 Å². The molecule has 0 bridgehead atoms. The summed E-state index contributed by atoms with van der Waals surface area (Å²) in [7, 11) is 0. The molecule has 3 aromatic rings. The Bertz CT molecular complexity index is 839. The van der Waals surface area contributed by atoms with Crippen LogP contribution in [-0.2, 0) is 6.54 Å². The lowest BCUT2D eigenvalue weighted by Gasteiger charge is -2.11. The normalized spacial score (nSPS) is 10.2. The summed E-state index contributed by atoms with van der Waals surface area (Å²) < 4.78 is 13.8. The van der Waals surface area contributed by atoms with Crippen LogP contribution in [0.3, 0.4) is 0 Å². The molecule has 1 amide bonds. The van der Waals surface area contributed by atoms with Gasteiger partial charge in [-0.05, 0) is 35.9 Å². The SMILES string of the molecule is O=C(NCc1cccnc1)c1cccnc1Nc1ccccc1F. The van der Waals surface area contributed by atoms with Crippen LogP contribution in [0, 0.1) is 5.82 Å². The topological polar surface area (TPSA) is 66.9 Å². The molecular formula is C18H15FN4O. The Hall–Kier alpha value is -3.28. The zero-order valence-corrected chi connectivity index (χ0v) is 12.7. The smallest absolute Gasteiger partial charge is 0.255 e. The number of amides is 1. The van der Waals surface area contributed by atoms with Gasteiger partial charge in [-0.25, -0.2) is 9.37 Å². The minimum atomic E-state index is -0.412. The molecule has 0 saturated carbocycles. The number of para-hydroxylation sites is 1. The van der Waals surface area contributed by atoms with E-state index in [0.29, 0.717) is 17.9 Å². The fourth-order valence-electron chi connectivity index (χ4n) is 2.16. The zero-order valence-electron chi connectivity index (χ0n) is 12.7. The Labute approximate surface area is 138 Å². The van der Waals surface area contributed by atoms with Crippen LogP contribution in [0.15, 0.2) is 67.1 Å². The minimum absolute atomic E-state index is 0.262. The second kappa shape index (κ2) is 7.32. The van der Waals surface area contributed by atoms with Gasteiger partial charge in [0.2, 0.25) is 0 Å². The third-order valence-electron chi connectivity index (χ3n) is 3.36. The van der Waals surface area contributed by atoms with Gasteiger partial charge in [0.25, 0.3) is 5.91 Å². The van der Waals surface area contributed by atoms with E-state index in [1.54, 1.807) is 55.0 Å². The number of benzene rings is 1. The molecular weight excluding hydrogens is 307 g/mol. The summed E-state index contributed by atoms with van der Waals surface area (Å²) in [6.45, 7) is 0.348. The number of carbonyl (C=O) groups excluding carboxylic acids is 1. The van der Waals surface area contributed by atoms with Gasteiger partial charge in [-0.1, -0.05) is 18.2 Å². The number of hydrogen-bond donors (Lipinski definition) is 2. The molecule has 0 aliphatic carbocycles. The van der Waals surface area contributed by atoms with E-state index in [4.69, 9.17) is 0 Å². The number of aromatic nitrogens is 2. The summed E-state index contributed by atoms with van der Waals surface area (Å²) >= 11 is 0. The molecule has 2 heterocycles. The fourth-order valence-corrected chi connectivity index (χ4v) is 2.16. The van der Waals surface area contributed by atoms with Gasteiger partial charge in [-0.2, -0.15) is 0 Å². The van der Waals surface area contributed by atoms with Gasteiger partial charge in [0.15, 0.2) is 0 Å². The van der Waals surface area contributed by atoms with Crippen LogP contribution in [0.25, 0.3) is 0 Å². The molecule has 0 radical (unpaired) electrons. The molecule has 3 rings (SSSR count). The lowest BCUT2D eigenvalue weighted by Crippen LogP contribution is -2.24. The summed E-state index contributed by atoms with van der Waals surface area (Å²) in [5, 5.41) is 5.66. The van der Waals surface area contributed by atoms with Crippen LogP contribution in [-0.4, -0.2) is 15.9 Å². The van der Waals surface area contributed by atoms with Crippen molar-refractivity contribution >= 4 is 17.4 Å². The van der Waals surface area contributed by atoms with Crippen LogP contribution in [0.5, 0.6) is 0 Å². The van der Waals surface area contributed by atoms with Gasteiger partial charge >= 0.3 is 0 Å². The third-order valence-corrected chi connectivity index (χ3v) is 3.36. The lowest BCUT2D eigenvalue weighted by atomic mass is 10.2. The predicted octanol–water partition coefficient (Wildman–Crippen LogP) is 3.29. The largest absolute Gasteiger partial charge is 0.348 e. The van der Waals surface area contributed by atoms with E-state index < -0.39 is 5.82 Å². The molecule has 0 atom stereocenters. The summed E-state index contributed by atoms with van der Waals surface area (Å²) in [6, 6.07) is 13.2. The Morgan fingerprint density at radius 3 is 2.67 bits per heavy atom. The Morgan fingerprint density at radius 1 is 1.04 bits per heavy atom. The monoisotopic (exact) mass is 322 g/mol. The maximum atomic E-state index is 13.8. The van der Waals surface area contributed by atoms with Gasteiger partial charge in [0.05, 0.1) is 11.3 Å². The first kappa shape index (κ1) is 15.6. The summed E-state index contributed by atoms with van der Waals surface area (Å²) in [5.41, 5.74) is 1.49. The highest BCUT2D eigenvalue weighted by Crippen LogP contribution is 2.20. The van der Waals surface area contributed by atoms with Crippen LogP contribution >= 0.6 is 0 Å². The molecule has 0 aliphatic rings. The number of nitrogens with one attached hydrogen (secondary N) is 2. The predicted molar refractivity (Wildman–Crippen MR) is 89.3 cm³/mol. The van der Waals surface area contributed by atoms with E-state index in [2.05, 4.69) is 20.6 Å². The molecule has 0 fully saturated rings. The molecule has 0 unspecified atom stereocenters. The number of anilines is 2. The molecule has 0 saturated heterocycles. The van der Waals surface area contributed by atoms with Gasteiger partial charge < -0.3 is 10.6 Å². The molecule has 120 valence electrons. The number of halogens is 1. The van der Waals surface area contributed by atoms with Crippen molar-refractivity contribution in [1.82, 2.24) is 15.3 Å². The van der Waals surface area contributed by atoms with Crippen molar-refractivity contribution in [1.29, 1.82) is 0 Å². The molecule has 1 aromatic carbocycles. The number of rotatable bonds is 5. The molecule has 0 aliphatic heterocycles. The van der Waals surface area contributed by atoms with Crippen molar-refractivity contribution in [3.05, 3.63) is 84.1 Å². The number of hydrogen-bond acceptors (Lipinski definition) is 4. The van der Waals surface area contributed by atoms with Crippen molar-refractivity contribution in [2.24, 2.45) is 0 Å². The van der Waals surface area contributed by atoms with E-state index in [1.807, 2.05) is 6.07 Å². The van der Waals surface area contributed by atoms with Gasteiger partial charge in [0, 0.05) is 25.1 Å².